The molecule has 0 bridgehead atoms. The zero-order valence-corrected chi connectivity index (χ0v) is 12.9. The van der Waals surface area contributed by atoms with Crippen molar-refractivity contribution >= 4 is 19.5 Å². The minimum Gasteiger partial charge on any atom is -0.365 e. The molecule has 0 aromatic rings. The fourth-order valence-electron chi connectivity index (χ4n) is 2.28. The van der Waals surface area contributed by atoms with E-state index >= 15 is 0 Å². The van der Waals surface area contributed by atoms with Crippen molar-refractivity contribution in [2.24, 2.45) is 0 Å². The van der Waals surface area contributed by atoms with Gasteiger partial charge in [-0.15, -0.1) is 0 Å². The quantitative estimate of drug-likeness (QED) is 0.350. The Labute approximate surface area is 126 Å². The van der Waals surface area contributed by atoms with Gasteiger partial charge in [-0.1, -0.05) is 0 Å². The van der Waals surface area contributed by atoms with E-state index in [-0.39, 0.29) is 11.6 Å². The van der Waals surface area contributed by atoms with Crippen LogP contribution in [-0.4, -0.2) is 92.4 Å². The van der Waals surface area contributed by atoms with Gasteiger partial charge >= 0.3 is 0 Å². The lowest BCUT2D eigenvalue weighted by Crippen LogP contribution is -2.29. The molecule has 3 aliphatic heterocycles. The number of Topliss-reactive ketones (excluding diaryl/α,β-unsaturated/α-hetero) is 1. The molecule has 0 unspecified atom stereocenters. The number of hydrogen-bond acceptors (Lipinski definition) is 6. The van der Waals surface area contributed by atoms with Crippen molar-refractivity contribution in [3.8, 4) is 0 Å². The normalized spacial score (nSPS) is 23.2. The average molecular weight is 288 g/mol. The van der Waals surface area contributed by atoms with Crippen LogP contribution in [0.2, 0.25) is 0 Å². The Morgan fingerprint density at radius 3 is 1.76 bits per heavy atom. The molecule has 3 fully saturated rings. The molecule has 0 amide bonds. The third-order valence-corrected chi connectivity index (χ3v) is 3.49. The van der Waals surface area contributed by atoms with E-state index in [1.807, 2.05) is 41.6 Å². The molecular formula is C14H21BN4O2. The maximum absolute atomic E-state index is 12.4. The number of nitrogens with zero attached hydrogens (tertiary/aromatic N) is 4. The number of carbonyl (C=O) groups excluding carboxylic acids is 2. The number of allylic oxidation sites excluding steroid dienone is 1. The van der Waals surface area contributed by atoms with Gasteiger partial charge in [0.25, 0.3) is 0 Å². The van der Waals surface area contributed by atoms with E-state index in [0.717, 1.165) is 39.3 Å². The second kappa shape index (κ2) is 5.22. The summed E-state index contributed by atoms with van der Waals surface area (Å²) in [7, 11) is 6.00. The minimum absolute atomic E-state index is 0.00546. The largest absolute Gasteiger partial charge is 0.365 e. The van der Waals surface area contributed by atoms with Crippen LogP contribution in [0.3, 0.4) is 0 Å². The van der Waals surface area contributed by atoms with Crippen LogP contribution >= 0.6 is 0 Å². The lowest BCUT2D eigenvalue weighted by atomic mass is 10.0. The van der Waals surface area contributed by atoms with Gasteiger partial charge in [0.15, 0.2) is 7.98 Å². The molecule has 6 nitrogen and oxygen atoms in total. The molecule has 0 spiro atoms. The molecule has 0 N–H and O–H groups in total. The van der Waals surface area contributed by atoms with Crippen LogP contribution in [0.5, 0.6) is 0 Å². The highest BCUT2D eigenvalue weighted by molar-refractivity contribution is 6.22. The summed E-state index contributed by atoms with van der Waals surface area (Å²) in [6, 6.07) is 0. The Bertz CT molecular complexity index is 540. The van der Waals surface area contributed by atoms with Crippen LogP contribution in [0.15, 0.2) is 23.2 Å². The molecule has 4 aliphatic rings. The molecular weight excluding hydrogens is 267 g/mol. The van der Waals surface area contributed by atoms with Crippen LogP contribution in [-0.2, 0) is 9.59 Å². The van der Waals surface area contributed by atoms with Gasteiger partial charge in [-0.2, -0.15) is 0 Å². The van der Waals surface area contributed by atoms with Gasteiger partial charge in [-0.3, -0.25) is 9.59 Å². The number of ketones is 2. The Morgan fingerprint density at radius 1 is 0.905 bits per heavy atom. The Kier molecular flexibility index (Phi) is 3.53. The van der Waals surface area contributed by atoms with Crippen molar-refractivity contribution in [1.82, 2.24) is 19.5 Å². The molecule has 0 atom stereocenters. The summed E-state index contributed by atoms with van der Waals surface area (Å²) in [6.07, 6.45) is 1.52. The first-order chi connectivity index (χ1) is 9.99. The fourth-order valence-corrected chi connectivity index (χ4v) is 2.28. The molecule has 21 heavy (non-hydrogen) atoms. The first kappa shape index (κ1) is 14.2. The first-order valence-corrected chi connectivity index (χ1v) is 7.40. The number of rotatable bonds is 3. The number of hydrogen-bond donors (Lipinski definition) is 0. The standard InChI is InChI=1S/C12H13N3O2.C2H8BN/c16-9-7-8(13-1-2-13)12(17)11(15-5-6-15)10(9)14-3-4-14;1-4(2)3/h7H,1-6H2;3H2,1-2H3. The van der Waals surface area contributed by atoms with E-state index in [1.54, 1.807) is 0 Å². The lowest BCUT2D eigenvalue weighted by Gasteiger charge is -2.21. The highest BCUT2D eigenvalue weighted by Gasteiger charge is 2.43. The third kappa shape index (κ3) is 3.13. The summed E-state index contributed by atoms with van der Waals surface area (Å²) in [5.41, 5.74) is 1.89. The van der Waals surface area contributed by atoms with E-state index in [1.165, 1.54) is 6.08 Å². The van der Waals surface area contributed by atoms with Gasteiger partial charge in [-0.05, 0) is 14.1 Å². The van der Waals surface area contributed by atoms with Crippen LogP contribution in [0.1, 0.15) is 0 Å². The van der Waals surface area contributed by atoms with Crippen LogP contribution in [0.4, 0.5) is 0 Å². The summed E-state index contributed by atoms with van der Waals surface area (Å²) >= 11 is 0. The molecule has 0 aromatic heterocycles. The Balaban J connectivity index is 0.000000298. The predicted molar refractivity (Wildman–Crippen MR) is 82.1 cm³/mol. The second-order valence-corrected chi connectivity index (χ2v) is 6.22. The summed E-state index contributed by atoms with van der Waals surface area (Å²) in [5.74, 6) is 0.0485. The second-order valence-electron chi connectivity index (χ2n) is 6.22. The third-order valence-electron chi connectivity index (χ3n) is 3.49. The van der Waals surface area contributed by atoms with E-state index in [2.05, 4.69) is 0 Å². The van der Waals surface area contributed by atoms with Crippen LogP contribution in [0.25, 0.3) is 0 Å². The smallest absolute Gasteiger partial charge is 0.227 e. The van der Waals surface area contributed by atoms with Crippen molar-refractivity contribution in [2.45, 2.75) is 0 Å². The monoisotopic (exact) mass is 288 g/mol. The van der Waals surface area contributed by atoms with Gasteiger partial charge in [0.1, 0.15) is 11.4 Å². The summed E-state index contributed by atoms with van der Waals surface area (Å²) in [4.78, 5) is 32.5. The molecule has 4 rings (SSSR count). The molecule has 112 valence electrons. The molecule has 3 saturated heterocycles. The minimum atomic E-state index is 0.00546. The highest BCUT2D eigenvalue weighted by atomic mass is 16.1. The van der Waals surface area contributed by atoms with Crippen molar-refractivity contribution < 1.29 is 9.59 Å². The lowest BCUT2D eigenvalue weighted by molar-refractivity contribution is -0.117. The van der Waals surface area contributed by atoms with E-state index in [9.17, 15) is 9.59 Å². The van der Waals surface area contributed by atoms with Crippen molar-refractivity contribution in [1.29, 1.82) is 0 Å². The SMILES string of the molecule is BN(C)C.O=C1C=C(N2CC2)C(=O)C(N2CC2)=C1N1CC1. The zero-order chi connectivity index (χ0) is 15.1. The van der Waals surface area contributed by atoms with Crippen LogP contribution < -0.4 is 0 Å². The topological polar surface area (TPSA) is 46.4 Å². The van der Waals surface area contributed by atoms with Gasteiger partial charge < -0.3 is 19.5 Å². The van der Waals surface area contributed by atoms with Gasteiger partial charge in [0.2, 0.25) is 11.6 Å². The van der Waals surface area contributed by atoms with Crippen molar-refractivity contribution in [2.75, 3.05) is 53.4 Å². The zero-order valence-electron chi connectivity index (χ0n) is 12.9. The molecule has 1 aliphatic carbocycles. The predicted octanol–water partition coefficient (Wildman–Crippen LogP) is -1.72. The van der Waals surface area contributed by atoms with Gasteiger partial charge in [0.05, 0.1) is 5.70 Å². The van der Waals surface area contributed by atoms with Crippen molar-refractivity contribution in [3.05, 3.63) is 23.2 Å². The molecule has 0 aromatic carbocycles. The Morgan fingerprint density at radius 2 is 1.33 bits per heavy atom. The van der Waals surface area contributed by atoms with E-state index < -0.39 is 0 Å². The maximum atomic E-state index is 12.4. The molecule has 7 heteroatoms. The van der Waals surface area contributed by atoms with Gasteiger partial charge in [-0.25, -0.2) is 0 Å². The average Bonchev–Trinajstić information content (AvgIpc) is 3.26. The molecule has 0 saturated carbocycles. The van der Waals surface area contributed by atoms with E-state index in [0.29, 0.717) is 17.1 Å². The van der Waals surface area contributed by atoms with Crippen molar-refractivity contribution in [3.63, 3.8) is 0 Å². The summed E-state index contributed by atoms with van der Waals surface area (Å²) < 4.78 is 0. The van der Waals surface area contributed by atoms with E-state index in [4.69, 9.17) is 0 Å². The number of carbonyl (C=O) groups is 2. The first-order valence-electron chi connectivity index (χ1n) is 7.40. The highest BCUT2D eigenvalue weighted by Crippen LogP contribution is 2.33. The Hall–Kier alpha value is -1.76. The fraction of sp³-hybridized carbons (Fsp3) is 0.571. The molecule has 3 heterocycles. The summed E-state index contributed by atoms with van der Waals surface area (Å²) in [5, 5.41) is 0. The molecule has 0 radical (unpaired) electrons. The maximum Gasteiger partial charge on any atom is 0.227 e. The van der Waals surface area contributed by atoms with Gasteiger partial charge in [0, 0.05) is 45.3 Å². The summed E-state index contributed by atoms with van der Waals surface area (Å²) in [6.45, 7) is 5.41. The van der Waals surface area contributed by atoms with Crippen LogP contribution in [0, 0.1) is 0 Å².